The van der Waals surface area contributed by atoms with Gasteiger partial charge in [0.15, 0.2) is 0 Å². The molecule has 2 N–H and O–H groups in total. The second-order valence-electron chi connectivity index (χ2n) is 7.03. The van der Waals surface area contributed by atoms with Gasteiger partial charge in [-0.2, -0.15) is 0 Å². The lowest BCUT2D eigenvalue weighted by molar-refractivity contribution is 0.466. The van der Waals surface area contributed by atoms with E-state index in [1.807, 2.05) is 0 Å². The zero-order valence-corrected chi connectivity index (χ0v) is 14.3. The molecule has 25 heavy (non-hydrogen) atoms. The lowest BCUT2D eigenvalue weighted by atomic mass is 9.97. The summed E-state index contributed by atoms with van der Waals surface area (Å²) in [6.07, 6.45) is 1.19. The first-order valence-electron chi connectivity index (χ1n) is 9.23. The second kappa shape index (κ2) is 6.08. The molecular weight excluding hydrogens is 306 g/mol. The lowest BCUT2D eigenvalue weighted by Crippen LogP contribution is -2.51. The van der Waals surface area contributed by atoms with E-state index in [1.54, 1.807) is 0 Å². The normalized spacial score (nSPS) is 19.7. The van der Waals surface area contributed by atoms with Gasteiger partial charge in [-0.3, -0.25) is 0 Å². The smallest absolute Gasteiger partial charge is 0.0611 e. The Balaban J connectivity index is 1.65. The Morgan fingerprint density at radius 3 is 2.84 bits per heavy atom. The molecule has 0 spiro atoms. The van der Waals surface area contributed by atoms with E-state index in [1.165, 1.54) is 39.7 Å². The number of hydrogen-bond acceptors (Lipinski definition) is 3. The lowest BCUT2D eigenvalue weighted by Gasteiger charge is -2.37. The van der Waals surface area contributed by atoms with E-state index in [9.17, 15) is 0 Å². The highest BCUT2D eigenvalue weighted by Crippen LogP contribution is 2.37. The molecule has 3 aromatic carbocycles. The van der Waals surface area contributed by atoms with Gasteiger partial charge in [-0.1, -0.05) is 48.5 Å². The van der Waals surface area contributed by atoms with Crippen molar-refractivity contribution in [3.05, 3.63) is 60.7 Å². The fourth-order valence-electron chi connectivity index (χ4n) is 4.27. The average Bonchev–Trinajstić information content (AvgIpc) is 2.86. The quantitative estimate of drug-likeness (QED) is 0.704. The molecule has 0 saturated carbocycles. The van der Waals surface area contributed by atoms with Crippen LogP contribution < -0.4 is 15.5 Å². The third-order valence-electron chi connectivity index (χ3n) is 5.55. The largest absolute Gasteiger partial charge is 0.383 e. The monoisotopic (exact) mass is 329 g/mol. The highest BCUT2D eigenvalue weighted by atomic mass is 15.2. The standard InChI is InChI=1S/C22H23N3/c1-2-6-19-16(4-1)5-3-7-20(19)17-8-9-21-22(14-17)25-13-12-23-15-18(25)10-11-24-21/h1-9,14,18,23-24H,10-13,15H2. The van der Waals surface area contributed by atoms with Crippen LogP contribution in [0.3, 0.4) is 0 Å². The van der Waals surface area contributed by atoms with E-state index in [0.717, 1.165) is 26.2 Å². The number of rotatable bonds is 1. The van der Waals surface area contributed by atoms with Gasteiger partial charge in [-0.15, -0.1) is 0 Å². The fraction of sp³-hybridized carbons (Fsp3) is 0.273. The fourth-order valence-corrected chi connectivity index (χ4v) is 4.27. The first-order valence-corrected chi connectivity index (χ1v) is 9.23. The summed E-state index contributed by atoms with van der Waals surface area (Å²) >= 11 is 0. The van der Waals surface area contributed by atoms with Crippen molar-refractivity contribution < 1.29 is 0 Å². The molecule has 5 rings (SSSR count). The Kier molecular flexibility index (Phi) is 3.60. The summed E-state index contributed by atoms with van der Waals surface area (Å²) in [7, 11) is 0. The van der Waals surface area contributed by atoms with Crippen molar-refractivity contribution >= 4 is 22.1 Å². The van der Waals surface area contributed by atoms with E-state index in [-0.39, 0.29) is 0 Å². The van der Waals surface area contributed by atoms with Crippen LogP contribution in [0.15, 0.2) is 60.7 Å². The summed E-state index contributed by atoms with van der Waals surface area (Å²) < 4.78 is 0. The number of anilines is 2. The Labute approximate surface area is 148 Å². The van der Waals surface area contributed by atoms with Crippen LogP contribution in [-0.2, 0) is 0 Å². The molecule has 3 heteroatoms. The van der Waals surface area contributed by atoms with Crippen LogP contribution in [0.25, 0.3) is 21.9 Å². The topological polar surface area (TPSA) is 27.3 Å². The van der Waals surface area contributed by atoms with Gasteiger partial charge in [0, 0.05) is 32.2 Å². The van der Waals surface area contributed by atoms with Crippen LogP contribution >= 0.6 is 0 Å². The van der Waals surface area contributed by atoms with Crippen LogP contribution in [0.1, 0.15) is 6.42 Å². The van der Waals surface area contributed by atoms with Crippen molar-refractivity contribution in [1.29, 1.82) is 0 Å². The third-order valence-corrected chi connectivity index (χ3v) is 5.55. The SMILES string of the molecule is c1ccc2c(-c3ccc4c(c3)N3CCNCC3CCN4)cccc2c1. The molecule has 0 bridgehead atoms. The minimum atomic E-state index is 0.588. The van der Waals surface area contributed by atoms with E-state index in [0.29, 0.717) is 6.04 Å². The van der Waals surface area contributed by atoms with E-state index < -0.39 is 0 Å². The molecule has 0 aromatic heterocycles. The molecule has 0 amide bonds. The summed E-state index contributed by atoms with van der Waals surface area (Å²) in [5.41, 5.74) is 5.25. The van der Waals surface area contributed by atoms with Crippen molar-refractivity contribution in [3.8, 4) is 11.1 Å². The van der Waals surface area contributed by atoms with Crippen LogP contribution in [0.2, 0.25) is 0 Å². The molecule has 3 aromatic rings. The maximum absolute atomic E-state index is 3.63. The summed E-state index contributed by atoms with van der Waals surface area (Å²) in [5.74, 6) is 0. The molecule has 0 radical (unpaired) electrons. The minimum Gasteiger partial charge on any atom is -0.383 e. The first-order chi connectivity index (χ1) is 12.4. The Morgan fingerprint density at radius 2 is 1.84 bits per heavy atom. The van der Waals surface area contributed by atoms with Gasteiger partial charge in [-0.05, 0) is 40.5 Å². The van der Waals surface area contributed by atoms with E-state index >= 15 is 0 Å². The Hall–Kier alpha value is -2.52. The molecule has 0 aliphatic carbocycles. The minimum absolute atomic E-state index is 0.588. The number of hydrogen-bond donors (Lipinski definition) is 2. The summed E-state index contributed by atoms with van der Waals surface area (Å²) in [6.45, 7) is 4.27. The molecular formula is C22H23N3. The highest BCUT2D eigenvalue weighted by Gasteiger charge is 2.26. The summed E-state index contributed by atoms with van der Waals surface area (Å²) in [6, 6.07) is 22.7. The molecule has 2 heterocycles. The average molecular weight is 329 g/mol. The van der Waals surface area contributed by atoms with Gasteiger partial charge in [0.25, 0.3) is 0 Å². The predicted molar refractivity (Wildman–Crippen MR) is 106 cm³/mol. The van der Waals surface area contributed by atoms with Crippen molar-refractivity contribution in [2.24, 2.45) is 0 Å². The van der Waals surface area contributed by atoms with Gasteiger partial charge in [0.05, 0.1) is 11.4 Å². The molecule has 2 aliphatic heterocycles. The van der Waals surface area contributed by atoms with Gasteiger partial charge < -0.3 is 15.5 Å². The number of nitrogens with one attached hydrogen (secondary N) is 2. The van der Waals surface area contributed by atoms with Crippen LogP contribution in [0, 0.1) is 0 Å². The molecule has 2 aliphatic rings. The van der Waals surface area contributed by atoms with Crippen molar-refractivity contribution in [2.75, 3.05) is 36.4 Å². The van der Waals surface area contributed by atoms with Crippen molar-refractivity contribution in [2.45, 2.75) is 12.5 Å². The number of fused-ring (bicyclic) bond motifs is 4. The maximum atomic E-state index is 3.63. The van der Waals surface area contributed by atoms with Gasteiger partial charge in [0.1, 0.15) is 0 Å². The zero-order chi connectivity index (χ0) is 16.6. The van der Waals surface area contributed by atoms with E-state index in [4.69, 9.17) is 0 Å². The number of piperazine rings is 1. The van der Waals surface area contributed by atoms with Gasteiger partial charge in [0.2, 0.25) is 0 Å². The Bertz CT molecular complexity index is 913. The second-order valence-corrected chi connectivity index (χ2v) is 7.03. The van der Waals surface area contributed by atoms with Crippen molar-refractivity contribution in [1.82, 2.24) is 5.32 Å². The van der Waals surface area contributed by atoms with Crippen LogP contribution in [0.4, 0.5) is 11.4 Å². The predicted octanol–water partition coefficient (Wildman–Crippen LogP) is 4.10. The molecule has 1 unspecified atom stereocenters. The Morgan fingerprint density at radius 1 is 0.920 bits per heavy atom. The molecule has 1 saturated heterocycles. The summed E-state index contributed by atoms with van der Waals surface area (Å²) in [5, 5.41) is 9.79. The highest BCUT2D eigenvalue weighted by molar-refractivity contribution is 5.97. The van der Waals surface area contributed by atoms with Gasteiger partial charge in [-0.25, -0.2) is 0 Å². The summed E-state index contributed by atoms with van der Waals surface area (Å²) in [4.78, 5) is 2.60. The van der Waals surface area contributed by atoms with Crippen LogP contribution in [0.5, 0.6) is 0 Å². The first kappa shape index (κ1) is 14.8. The number of benzene rings is 3. The maximum Gasteiger partial charge on any atom is 0.0611 e. The molecule has 3 nitrogen and oxygen atoms in total. The number of nitrogens with zero attached hydrogens (tertiary/aromatic N) is 1. The van der Waals surface area contributed by atoms with Crippen molar-refractivity contribution in [3.63, 3.8) is 0 Å². The zero-order valence-electron chi connectivity index (χ0n) is 14.3. The van der Waals surface area contributed by atoms with Crippen LogP contribution in [-0.4, -0.2) is 32.2 Å². The van der Waals surface area contributed by atoms with E-state index in [2.05, 4.69) is 76.2 Å². The molecule has 1 fully saturated rings. The molecule has 126 valence electrons. The molecule has 1 atom stereocenters. The third kappa shape index (κ3) is 2.56. The van der Waals surface area contributed by atoms with Gasteiger partial charge >= 0.3 is 0 Å².